The Hall–Kier alpha value is -1.95. The topological polar surface area (TPSA) is 63.2 Å². The SMILES string of the molecule is COC1CNCC1NC(=O)c1cncc(-c2cccc(C)c2)c1.Cl. The summed E-state index contributed by atoms with van der Waals surface area (Å²) in [5.41, 5.74) is 3.74. The number of aryl methyl sites for hydroxylation is 1. The zero-order valence-corrected chi connectivity index (χ0v) is 14.6. The molecule has 1 aromatic carbocycles. The van der Waals surface area contributed by atoms with Crippen LogP contribution in [-0.4, -0.2) is 43.2 Å². The molecule has 1 aliphatic rings. The molecular formula is C18H22ClN3O2. The minimum absolute atomic E-state index is 0. The predicted octanol–water partition coefficient (Wildman–Crippen LogP) is 2.20. The van der Waals surface area contributed by atoms with Gasteiger partial charge in [-0.1, -0.05) is 29.8 Å². The van der Waals surface area contributed by atoms with E-state index in [4.69, 9.17) is 4.74 Å². The number of carbonyl (C=O) groups is 1. The number of ether oxygens (including phenoxy) is 1. The Kier molecular flexibility index (Phi) is 6.31. The second-order valence-electron chi connectivity index (χ2n) is 5.84. The van der Waals surface area contributed by atoms with Crippen molar-refractivity contribution in [1.82, 2.24) is 15.6 Å². The highest BCUT2D eigenvalue weighted by Crippen LogP contribution is 2.20. The Morgan fingerprint density at radius 3 is 2.83 bits per heavy atom. The molecule has 1 aliphatic heterocycles. The highest BCUT2D eigenvalue weighted by molar-refractivity contribution is 5.95. The number of carbonyl (C=O) groups excluding carboxylic acids is 1. The summed E-state index contributed by atoms with van der Waals surface area (Å²) in [5.74, 6) is -0.122. The quantitative estimate of drug-likeness (QED) is 0.890. The van der Waals surface area contributed by atoms with E-state index in [0.29, 0.717) is 5.56 Å². The van der Waals surface area contributed by atoms with Crippen molar-refractivity contribution < 1.29 is 9.53 Å². The standard InChI is InChI=1S/C18H21N3O2.ClH/c1-12-4-3-5-13(6-12)14-7-15(9-19-8-14)18(22)21-16-10-20-11-17(16)23-2;/h3-9,16-17,20H,10-11H2,1-2H3,(H,21,22);1H. The summed E-state index contributed by atoms with van der Waals surface area (Å²) >= 11 is 0. The molecule has 6 heteroatoms. The molecule has 0 radical (unpaired) electrons. The van der Waals surface area contributed by atoms with Gasteiger partial charge < -0.3 is 15.4 Å². The maximum absolute atomic E-state index is 12.5. The number of halogens is 1. The van der Waals surface area contributed by atoms with Gasteiger partial charge in [0.05, 0.1) is 17.7 Å². The Bertz CT molecular complexity index is 708. The van der Waals surface area contributed by atoms with Crippen LogP contribution >= 0.6 is 12.4 Å². The van der Waals surface area contributed by atoms with Crippen LogP contribution in [0, 0.1) is 6.92 Å². The van der Waals surface area contributed by atoms with Crippen LogP contribution in [0.3, 0.4) is 0 Å². The summed E-state index contributed by atoms with van der Waals surface area (Å²) in [6, 6.07) is 10.0. The van der Waals surface area contributed by atoms with E-state index in [0.717, 1.165) is 24.2 Å². The van der Waals surface area contributed by atoms with Gasteiger partial charge in [0, 0.05) is 38.2 Å². The lowest BCUT2D eigenvalue weighted by Crippen LogP contribution is -2.43. The number of nitrogens with zero attached hydrogens (tertiary/aromatic N) is 1. The van der Waals surface area contributed by atoms with Crippen LogP contribution in [0.15, 0.2) is 42.7 Å². The zero-order valence-electron chi connectivity index (χ0n) is 13.8. The molecular weight excluding hydrogens is 326 g/mol. The van der Waals surface area contributed by atoms with Crippen LogP contribution < -0.4 is 10.6 Å². The number of hydrogen-bond acceptors (Lipinski definition) is 4. The molecule has 0 aliphatic carbocycles. The van der Waals surface area contributed by atoms with Crippen molar-refractivity contribution in [3.05, 3.63) is 53.9 Å². The van der Waals surface area contributed by atoms with Crippen LogP contribution in [0.25, 0.3) is 11.1 Å². The summed E-state index contributed by atoms with van der Waals surface area (Å²) in [6.07, 6.45) is 3.38. The van der Waals surface area contributed by atoms with Crippen molar-refractivity contribution in [2.75, 3.05) is 20.2 Å². The number of amides is 1. The Balaban J connectivity index is 0.00000208. The fourth-order valence-electron chi connectivity index (χ4n) is 2.84. The van der Waals surface area contributed by atoms with Crippen molar-refractivity contribution >= 4 is 18.3 Å². The molecule has 3 rings (SSSR count). The molecule has 1 amide bonds. The predicted molar refractivity (Wildman–Crippen MR) is 96.6 cm³/mol. The fourth-order valence-corrected chi connectivity index (χ4v) is 2.84. The van der Waals surface area contributed by atoms with Gasteiger partial charge in [0.15, 0.2) is 0 Å². The van der Waals surface area contributed by atoms with E-state index in [2.05, 4.69) is 21.7 Å². The average Bonchev–Trinajstić information content (AvgIpc) is 3.02. The minimum atomic E-state index is -0.122. The van der Waals surface area contributed by atoms with E-state index in [1.807, 2.05) is 31.2 Å². The smallest absolute Gasteiger partial charge is 0.253 e. The third kappa shape index (κ3) is 4.12. The summed E-state index contributed by atoms with van der Waals surface area (Å²) in [4.78, 5) is 16.7. The van der Waals surface area contributed by atoms with Crippen LogP contribution in [0.5, 0.6) is 0 Å². The van der Waals surface area contributed by atoms with E-state index in [1.54, 1.807) is 19.5 Å². The van der Waals surface area contributed by atoms with E-state index in [9.17, 15) is 4.79 Å². The van der Waals surface area contributed by atoms with Crippen LogP contribution in [0.4, 0.5) is 0 Å². The van der Waals surface area contributed by atoms with Gasteiger partial charge in [-0.2, -0.15) is 0 Å². The molecule has 1 saturated heterocycles. The van der Waals surface area contributed by atoms with Gasteiger partial charge in [-0.3, -0.25) is 9.78 Å². The Labute approximate surface area is 148 Å². The summed E-state index contributed by atoms with van der Waals surface area (Å²) in [7, 11) is 1.66. The minimum Gasteiger partial charge on any atom is -0.378 e. The molecule has 128 valence electrons. The monoisotopic (exact) mass is 347 g/mol. The first-order valence-electron chi connectivity index (χ1n) is 7.74. The number of benzene rings is 1. The van der Waals surface area contributed by atoms with Crippen LogP contribution in [0.2, 0.25) is 0 Å². The fraction of sp³-hybridized carbons (Fsp3) is 0.333. The lowest BCUT2D eigenvalue weighted by atomic mass is 10.0. The van der Waals surface area contributed by atoms with E-state index < -0.39 is 0 Å². The first kappa shape index (κ1) is 18.4. The molecule has 2 unspecified atom stereocenters. The van der Waals surface area contributed by atoms with Gasteiger partial charge in [0.25, 0.3) is 5.91 Å². The lowest BCUT2D eigenvalue weighted by molar-refractivity contribution is 0.0779. The van der Waals surface area contributed by atoms with E-state index >= 15 is 0 Å². The molecule has 0 saturated carbocycles. The Morgan fingerprint density at radius 1 is 1.25 bits per heavy atom. The summed E-state index contributed by atoms with van der Waals surface area (Å²) in [5, 5.41) is 6.24. The molecule has 5 nitrogen and oxygen atoms in total. The van der Waals surface area contributed by atoms with Crippen LogP contribution in [-0.2, 0) is 4.74 Å². The Morgan fingerprint density at radius 2 is 2.08 bits per heavy atom. The van der Waals surface area contributed by atoms with Gasteiger partial charge in [0.1, 0.15) is 0 Å². The van der Waals surface area contributed by atoms with Crippen LogP contribution in [0.1, 0.15) is 15.9 Å². The van der Waals surface area contributed by atoms with Crippen molar-refractivity contribution in [3.63, 3.8) is 0 Å². The first-order chi connectivity index (χ1) is 11.2. The molecule has 0 spiro atoms. The van der Waals surface area contributed by atoms with Crippen molar-refractivity contribution in [1.29, 1.82) is 0 Å². The van der Waals surface area contributed by atoms with Gasteiger partial charge in [-0.15, -0.1) is 12.4 Å². The highest BCUT2D eigenvalue weighted by atomic mass is 35.5. The zero-order chi connectivity index (χ0) is 16.2. The van der Waals surface area contributed by atoms with Gasteiger partial charge in [0.2, 0.25) is 0 Å². The average molecular weight is 348 g/mol. The second kappa shape index (κ2) is 8.24. The van der Waals surface area contributed by atoms with Gasteiger partial charge in [-0.05, 0) is 18.6 Å². The van der Waals surface area contributed by atoms with Gasteiger partial charge >= 0.3 is 0 Å². The molecule has 2 heterocycles. The number of methoxy groups -OCH3 is 1. The number of aromatic nitrogens is 1. The molecule has 2 N–H and O–H groups in total. The molecule has 1 aromatic heterocycles. The van der Waals surface area contributed by atoms with Gasteiger partial charge in [-0.25, -0.2) is 0 Å². The summed E-state index contributed by atoms with van der Waals surface area (Å²) < 4.78 is 5.37. The van der Waals surface area contributed by atoms with Crippen molar-refractivity contribution in [2.24, 2.45) is 0 Å². The molecule has 0 bridgehead atoms. The number of nitrogens with one attached hydrogen (secondary N) is 2. The maximum Gasteiger partial charge on any atom is 0.253 e. The number of pyridine rings is 1. The molecule has 1 fully saturated rings. The third-order valence-electron chi connectivity index (χ3n) is 4.13. The maximum atomic E-state index is 12.5. The lowest BCUT2D eigenvalue weighted by Gasteiger charge is -2.18. The third-order valence-corrected chi connectivity index (χ3v) is 4.13. The number of hydrogen-bond donors (Lipinski definition) is 2. The first-order valence-corrected chi connectivity index (χ1v) is 7.74. The van der Waals surface area contributed by atoms with Crippen molar-refractivity contribution in [3.8, 4) is 11.1 Å². The van der Waals surface area contributed by atoms with E-state index in [-0.39, 0.29) is 30.5 Å². The second-order valence-corrected chi connectivity index (χ2v) is 5.84. The largest absolute Gasteiger partial charge is 0.378 e. The normalized spacial score (nSPS) is 19.6. The van der Waals surface area contributed by atoms with Crippen molar-refractivity contribution in [2.45, 2.75) is 19.1 Å². The summed E-state index contributed by atoms with van der Waals surface area (Å²) in [6.45, 7) is 3.52. The molecule has 2 aromatic rings. The highest BCUT2D eigenvalue weighted by Gasteiger charge is 2.28. The number of rotatable bonds is 4. The molecule has 2 atom stereocenters. The molecule has 24 heavy (non-hydrogen) atoms. The van der Waals surface area contributed by atoms with E-state index in [1.165, 1.54) is 5.56 Å².